The summed E-state index contributed by atoms with van der Waals surface area (Å²) in [6.07, 6.45) is 1.41. The molecule has 0 bridgehead atoms. The fraction of sp³-hybridized carbons (Fsp3) is 0.0800. The fourth-order valence-corrected chi connectivity index (χ4v) is 6.94. The Bertz CT molecular complexity index is 1450. The van der Waals surface area contributed by atoms with Crippen LogP contribution in [0.4, 0.5) is 10.7 Å². The average molecular weight is 528 g/mol. The van der Waals surface area contributed by atoms with Gasteiger partial charge in [-0.3, -0.25) is 4.55 Å². The van der Waals surface area contributed by atoms with Gasteiger partial charge in [-0.2, -0.15) is 0 Å². The Hall–Kier alpha value is -3.31. The lowest BCUT2D eigenvalue weighted by Crippen LogP contribution is -2.18. The average Bonchev–Trinajstić information content (AvgIpc) is 3.35. The van der Waals surface area contributed by atoms with Crippen LogP contribution < -0.4 is 4.31 Å². The zero-order chi connectivity index (χ0) is 25.0. The predicted molar refractivity (Wildman–Crippen MR) is 136 cm³/mol. The van der Waals surface area contributed by atoms with Crippen LogP contribution in [0.25, 0.3) is 0 Å². The third kappa shape index (κ3) is 5.68. The first kappa shape index (κ1) is 24.8. The summed E-state index contributed by atoms with van der Waals surface area (Å²) in [4.78, 5) is 11.1. The van der Waals surface area contributed by atoms with E-state index >= 15 is 0 Å². The second-order valence-corrected chi connectivity index (χ2v) is 11.7. The van der Waals surface area contributed by atoms with Crippen LogP contribution in [0, 0.1) is 0 Å². The monoisotopic (exact) mass is 527 g/mol. The first-order chi connectivity index (χ1) is 16.8. The van der Waals surface area contributed by atoms with Crippen molar-refractivity contribution in [3.05, 3.63) is 108 Å². The Morgan fingerprint density at radius 3 is 1.94 bits per heavy atom. The zero-order valence-corrected chi connectivity index (χ0v) is 20.7. The molecule has 2 N–H and O–H groups in total. The van der Waals surface area contributed by atoms with Crippen LogP contribution >= 0.6 is 11.3 Å². The number of carboxylic acids is 1. The van der Waals surface area contributed by atoms with E-state index in [2.05, 4.69) is 0 Å². The normalized spacial score (nSPS) is 12.3. The van der Waals surface area contributed by atoms with Crippen molar-refractivity contribution in [3.8, 4) is 0 Å². The SMILES string of the molecule is O=C(O)c1ccc(CCc2ccc(N(c3ccc(S(=O)(=O)c4ccccc4)s3)S(=O)O)cc2)cc1. The number of carbonyl (C=O) groups is 1. The molecule has 0 aliphatic rings. The number of rotatable bonds is 9. The highest BCUT2D eigenvalue weighted by Crippen LogP contribution is 2.37. The van der Waals surface area contributed by atoms with Crippen molar-refractivity contribution in [1.82, 2.24) is 0 Å². The van der Waals surface area contributed by atoms with Crippen molar-refractivity contribution in [2.75, 3.05) is 4.31 Å². The van der Waals surface area contributed by atoms with Crippen LogP contribution in [0.2, 0.25) is 0 Å². The molecule has 4 aromatic rings. The van der Waals surface area contributed by atoms with Gasteiger partial charge >= 0.3 is 5.97 Å². The number of anilines is 2. The van der Waals surface area contributed by atoms with Gasteiger partial charge in [-0.05, 0) is 72.5 Å². The molecule has 7 nitrogen and oxygen atoms in total. The molecule has 0 fully saturated rings. The lowest BCUT2D eigenvalue weighted by molar-refractivity contribution is 0.0697. The molecule has 1 atom stereocenters. The minimum atomic E-state index is -3.73. The number of aryl methyl sites for hydroxylation is 2. The molecule has 1 heterocycles. The molecule has 0 spiro atoms. The largest absolute Gasteiger partial charge is 0.478 e. The van der Waals surface area contributed by atoms with Crippen molar-refractivity contribution in [3.63, 3.8) is 0 Å². The summed E-state index contributed by atoms with van der Waals surface area (Å²) in [5, 5.41) is 9.32. The minimum absolute atomic E-state index is 0.0830. The van der Waals surface area contributed by atoms with Gasteiger partial charge in [0.25, 0.3) is 11.3 Å². The molecule has 4 rings (SSSR count). The number of sulfone groups is 1. The number of benzene rings is 3. The van der Waals surface area contributed by atoms with Gasteiger partial charge in [-0.15, -0.1) is 11.3 Å². The van der Waals surface area contributed by atoms with E-state index in [9.17, 15) is 22.0 Å². The third-order valence-corrected chi connectivity index (χ3v) is 9.48. The van der Waals surface area contributed by atoms with Crippen LogP contribution in [0.5, 0.6) is 0 Å². The summed E-state index contributed by atoms with van der Waals surface area (Å²) >= 11 is -1.48. The Morgan fingerprint density at radius 2 is 1.40 bits per heavy atom. The molecule has 0 amide bonds. The van der Waals surface area contributed by atoms with Crippen molar-refractivity contribution in [2.45, 2.75) is 21.9 Å². The molecule has 0 saturated carbocycles. The molecule has 1 unspecified atom stereocenters. The number of carboxylic acid groups (broad SMARTS) is 1. The Balaban J connectivity index is 1.50. The van der Waals surface area contributed by atoms with E-state index in [1.807, 2.05) is 12.1 Å². The summed E-state index contributed by atoms with van der Waals surface area (Å²) in [7, 11) is -3.73. The summed E-state index contributed by atoms with van der Waals surface area (Å²) in [5.74, 6) is -0.964. The van der Waals surface area contributed by atoms with Gasteiger partial charge in [0.2, 0.25) is 9.84 Å². The molecule has 3 aromatic carbocycles. The van der Waals surface area contributed by atoms with Gasteiger partial charge in [0.15, 0.2) is 0 Å². The van der Waals surface area contributed by atoms with Gasteiger partial charge in [-0.25, -0.2) is 21.7 Å². The topological polar surface area (TPSA) is 112 Å². The second kappa shape index (κ2) is 10.5. The molecule has 0 aliphatic heterocycles. The molecule has 35 heavy (non-hydrogen) atoms. The molecule has 180 valence electrons. The maximum Gasteiger partial charge on any atom is 0.335 e. The summed E-state index contributed by atoms with van der Waals surface area (Å²) in [5.41, 5.74) is 2.69. The first-order valence-electron chi connectivity index (χ1n) is 10.5. The van der Waals surface area contributed by atoms with E-state index in [1.54, 1.807) is 54.6 Å². The van der Waals surface area contributed by atoms with Gasteiger partial charge < -0.3 is 5.11 Å². The summed E-state index contributed by atoms with van der Waals surface area (Å²) < 4.78 is 49.1. The number of thiophene rings is 1. The fourth-order valence-electron chi connectivity index (χ4n) is 3.47. The van der Waals surface area contributed by atoms with Gasteiger partial charge in [-0.1, -0.05) is 42.5 Å². The Labute approximate surface area is 209 Å². The number of hydrogen-bond donors (Lipinski definition) is 2. The Morgan fingerprint density at radius 1 is 0.829 bits per heavy atom. The lowest BCUT2D eigenvalue weighted by atomic mass is 10.0. The predicted octanol–water partition coefficient (Wildman–Crippen LogP) is 5.34. The zero-order valence-electron chi connectivity index (χ0n) is 18.3. The van der Waals surface area contributed by atoms with E-state index in [1.165, 1.54) is 28.6 Å². The highest BCUT2D eigenvalue weighted by atomic mass is 32.2. The van der Waals surface area contributed by atoms with Gasteiger partial charge in [0.1, 0.15) is 9.21 Å². The first-order valence-corrected chi connectivity index (χ1v) is 13.8. The maximum absolute atomic E-state index is 12.9. The van der Waals surface area contributed by atoms with E-state index in [-0.39, 0.29) is 14.7 Å². The summed E-state index contributed by atoms with van der Waals surface area (Å²) in [6.45, 7) is 0. The molecular weight excluding hydrogens is 506 g/mol. The third-order valence-electron chi connectivity index (χ3n) is 5.32. The summed E-state index contributed by atoms with van der Waals surface area (Å²) in [6, 6.07) is 24.8. The molecule has 0 radical (unpaired) electrons. The van der Waals surface area contributed by atoms with Gasteiger partial charge in [0, 0.05) is 0 Å². The molecular formula is C25H21NO6S3. The molecule has 10 heteroatoms. The van der Waals surface area contributed by atoms with Crippen molar-refractivity contribution < 1.29 is 27.1 Å². The number of hydrogen-bond acceptors (Lipinski definition) is 5. The second-order valence-electron chi connectivity index (χ2n) is 7.60. The van der Waals surface area contributed by atoms with Crippen LogP contribution in [-0.4, -0.2) is 28.3 Å². The molecule has 1 aromatic heterocycles. The molecule has 0 saturated heterocycles. The van der Waals surface area contributed by atoms with Crippen molar-refractivity contribution in [2.24, 2.45) is 0 Å². The minimum Gasteiger partial charge on any atom is -0.478 e. The van der Waals surface area contributed by atoms with E-state index < -0.39 is 27.1 Å². The number of nitrogens with zero attached hydrogens (tertiary/aromatic N) is 1. The standard InChI is InChI=1S/C25H21NO6S3/c27-25(28)20-12-8-18(9-13-20)6-7-19-10-14-21(15-11-19)26(34(29)30)23-16-17-24(33-23)35(31,32)22-4-2-1-3-5-22/h1-5,8-17H,6-7H2,(H,27,28)(H,29,30). The van der Waals surface area contributed by atoms with E-state index in [4.69, 9.17) is 5.11 Å². The van der Waals surface area contributed by atoms with Crippen molar-refractivity contribution in [1.29, 1.82) is 0 Å². The lowest BCUT2D eigenvalue weighted by Gasteiger charge is -2.18. The highest BCUT2D eigenvalue weighted by molar-refractivity contribution is 7.93. The number of aromatic carboxylic acids is 1. The van der Waals surface area contributed by atoms with Crippen LogP contribution in [0.15, 0.2) is 100 Å². The van der Waals surface area contributed by atoms with Crippen LogP contribution in [0.3, 0.4) is 0 Å². The van der Waals surface area contributed by atoms with Crippen molar-refractivity contribution >= 4 is 49.1 Å². The van der Waals surface area contributed by atoms with E-state index in [0.29, 0.717) is 23.5 Å². The quantitative estimate of drug-likeness (QED) is 0.284. The Kier molecular flexibility index (Phi) is 7.46. The highest BCUT2D eigenvalue weighted by Gasteiger charge is 2.23. The van der Waals surface area contributed by atoms with E-state index in [0.717, 1.165) is 22.5 Å². The molecule has 0 aliphatic carbocycles. The van der Waals surface area contributed by atoms with Crippen LogP contribution in [0.1, 0.15) is 21.5 Å². The van der Waals surface area contributed by atoms with Gasteiger partial charge in [0.05, 0.1) is 16.1 Å². The maximum atomic E-state index is 12.9. The smallest absolute Gasteiger partial charge is 0.335 e. The van der Waals surface area contributed by atoms with Crippen LogP contribution in [-0.2, 0) is 33.9 Å².